The van der Waals surface area contributed by atoms with Gasteiger partial charge in [-0.2, -0.15) is 0 Å². The fraction of sp³-hybridized carbons (Fsp3) is 0.267. The van der Waals surface area contributed by atoms with Gasteiger partial charge < -0.3 is 14.1 Å². The van der Waals surface area contributed by atoms with Gasteiger partial charge in [0.15, 0.2) is 5.76 Å². The number of para-hydroxylation sites is 1. The van der Waals surface area contributed by atoms with Gasteiger partial charge in [0.2, 0.25) is 0 Å². The first-order chi connectivity index (χ1) is 10.5. The molecule has 0 radical (unpaired) electrons. The van der Waals surface area contributed by atoms with Gasteiger partial charge in [0.25, 0.3) is 5.91 Å². The van der Waals surface area contributed by atoms with Gasteiger partial charge in [-0.25, -0.2) is 0 Å². The van der Waals surface area contributed by atoms with E-state index in [0.717, 1.165) is 11.6 Å². The Bertz CT molecular complexity index is 695. The summed E-state index contributed by atoms with van der Waals surface area (Å²) in [6, 6.07) is 9.53. The van der Waals surface area contributed by atoms with Crippen LogP contribution in [0.5, 0.6) is 5.75 Å². The minimum Gasteiger partial charge on any atom is -0.496 e. The number of methoxy groups -OCH3 is 1. The summed E-state index contributed by atoms with van der Waals surface area (Å²) in [5.41, 5.74) is 0.835. The van der Waals surface area contributed by atoms with E-state index in [1.165, 1.54) is 11.0 Å². The quantitative estimate of drug-likeness (QED) is 0.626. The van der Waals surface area contributed by atoms with E-state index in [1.807, 2.05) is 31.2 Å². The maximum Gasteiger partial charge on any atom is 0.433 e. The molecule has 0 spiro atoms. The molecule has 0 bridgehead atoms. The van der Waals surface area contributed by atoms with Crippen LogP contribution >= 0.6 is 0 Å². The smallest absolute Gasteiger partial charge is 0.433 e. The van der Waals surface area contributed by atoms with Gasteiger partial charge >= 0.3 is 5.88 Å². The molecular weight excluding hydrogens is 288 g/mol. The number of ether oxygens (including phenoxy) is 1. The average Bonchev–Trinajstić information content (AvgIpc) is 3.03. The lowest BCUT2D eigenvalue weighted by molar-refractivity contribution is -0.402. The van der Waals surface area contributed by atoms with Gasteiger partial charge in [-0.3, -0.25) is 14.9 Å². The molecule has 0 unspecified atom stereocenters. The van der Waals surface area contributed by atoms with E-state index in [9.17, 15) is 14.9 Å². The van der Waals surface area contributed by atoms with E-state index in [4.69, 9.17) is 9.15 Å². The van der Waals surface area contributed by atoms with Crippen molar-refractivity contribution in [3.8, 4) is 5.75 Å². The summed E-state index contributed by atoms with van der Waals surface area (Å²) in [5.74, 6) is -0.302. The highest BCUT2D eigenvalue weighted by atomic mass is 16.6. The second-order valence-corrected chi connectivity index (χ2v) is 4.73. The van der Waals surface area contributed by atoms with Crippen molar-refractivity contribution in [1.82, 2.24) is 4.90 Å². The molecule has 2 aromatic rings. The normalized spacial score (nSPS) is 11.8. The van der Waals surface area contributed by atoms with Crippen LogP contribution in [0.1, 0.15) is 29.1 Å². The highest BCUT2D eigenvalue weighted by Crippen LogP contribution is 2.29. The minimum atomic E-state index is -0.680. The lowest BCUT2D eigenvalue weighted by atomic mass is 10.1. The highest BCUT2D eigenvalue weighted by Gasteiger charge is 2.25. The van der Waals surface area contributed by atoms with Crippen molar-refractivity contribution < 1.29 is 18.9 Å². The lowest BCUT2D eigenvalue weighted by Gasteiger charge is -2.25. The van der Waals surface area contributed by atoms with E-state index in [2.05, 4.69) is 0 Å². The lowest BCUT2D eigenvalue weighted by Crippen LogP contribution is -2.29. The molecule has 1 atom stereocenters. The third kappa shape index (κ3) is 2.93. The van der Waals surface area contributed by atoms with Crippen molar-refractivity contribution in [2.24, 2.45) is 0 Å². The summed E-state index contributed by atoms with van der Waals surface area (Å²) < 4.78 is 10.2. The van der Waals surface area contributed by atoms with Crippen molar-refractivity contribution in [3.63, 3.8) is 0 Å². The van der Waals surface area contributed by atoms with Gasteiger partial charge in [0.05, 0.1) is 19.2 Å². The molecule has 0 saturated heterocycles. The number of rotatable bonds is 5. The van der Waals surface area contributed by atoms with Gasteiger partial charge in [0.1, 0.15) is 10.7 Å². The zero-order valence-corrected chi connectivity index (χ0v) is 12.5. The summed E-state index contributed by atoms with van der Waals surface area (Å²) in [7, 11) is 3.16. The molecule has 7 nitrogen and oxygen atoms in total. The molecule has 1 aromatic heterocycles. The molecule has 22 heavy (non-hydrogen) atoms. The van der Waals surface area contributed by atoms with Gasteiger partial charge in [-0.15, -0.1) is 0 Å². The van der Waals surface area contributed by atoms with Crippen molar-refractivity contribution in [2.75, 3.05) is 14.2 Å². The van der Waals surface area contributed by atoms with Gasteiger partial charge in [-0.1, -0.05) is 18.2 Å². The van der Waals surface area contributed by atoms with Crippen LogP contribution in [0.4, 0.5) is 5.88 Å². The summed E-state index contributed by atoms with van der Waals surface area (Å²) in [6.45, 7) is 1.84. The monoisotopic (exact) mass is 304 g/mol. The number of nitrogens with zero attached hydrogens (tertiary/aromatic N) is 2. The maximum absolute atomic E-state index is 12.4. The molecule has 1 heterocycles. The van der Waals surface area contributed by atoms with Crippen LogP contribution in [0.2, 0.25) is 0 Å². The Morgan fingerprint density at radius 2 is 2.00 bits per heavy atom. The minimum absolute atomic E-state index is 0.0732. The molecule has 116 valence electrons. The molecule has 2 rings (SSSR count). The zero-order chi connectivity index (χ0) is 16.3. The average molecular weight is 304 g/mol. The van der Waals surface area contributed by atoms with Crippen LogP contribution in [-0.4, -0.2) is 29.9 Å². The Kier molecular flexibility index (Phi) is 4.45. The standard InChI is InChI=1S/C15H16N2O5/c1-10(11-6-4-5-7-12(11)21-3)16(2)15(18)13-8-9-14(22-13)17(19)20/h4-10H,1-3H3/t10-/m0/s1. The summed E-state index contributed by atoms with van der Waals surface area (Å²) in [5, 5.41) is 10.6. The number of benzene rings is 1. The van der Waals surface area contributed by atoms with Crippen LogP contribution in [0.3, 0.4) is 0 Å². The fourth-order valence-electron chi connectivity index (χ4n) is 2.11. The van der Waals surface area contributed by atoms with E-state index in [-0.39, 0.29) is 11.8 Å². The topological polar surface area (TPSA) is 85.8 Å². The Labute approximate surface area is 127 Å². The second kappa shape index (κ2) is 6.30. The molecule has 0 saturated carbocycles. The molecule has 0 aliphatic carbocycles. The van der Waals surface area contributed by atoms with Gasteiger partial charge in [-0.05, 0) is 19.1 Å². The Hall–Kier alpha value is -2.83. The molecule has 1 amide bonds. The highest BCUT2D eigenvalue weighted by molar-refractivity contribution is 5.91. The number of carbonyl (C=O) groups excluding carboxylic acids is 1. The van der Waals surface area contributed by atoms with E-state index in [0.29, 0.717) is 5.75 Å². The molecule has 0 aliphatic heterocycles. The van der Waals surface area contributed by atoms with E-state index in [1.54, 1.807) is 14.2 Å². The first-order valence-electron chi connectivity index (χ1n) is 6.60. The van der Waals surface area contributed by atoms with Crippen LogP contribution in [0, 0.1) is 10.1 Å². The number of carbonyl (C=O) groups is 1. The predicted octanol–water partition coefficient (Wildman–Crippen LogP) is 3.03. The third-order valence-corrected chi connectivity index (χ3v) is 3.47. The number of furan rings is 1. The van der Waals surface area contributed by atoms with Gasteiger partial charge in [0, 0.05) is 12.6 Å². The fourth-order valence-corrected chi connectivity index (χ4v) is 2.11. The molecule has 7 heteroatoms. The number of amides is 1. The van der Waals surface area contributed by atoms with Crippen molar-refractivity contribution in [1.29, 1.82) is 0 Å². The van der Waals surface area contributed by atoms with Crippen molar-refractivity contribution in [3.05, 3.63) is 57.8 Å². The first kappa shape index (κ1) is 15.6. The third-order valence-electron chi connectivity index (χ3n) is 3.47. The Morgan fingerprint density at radius 3 is 2.59 bits per heavy atom. The largest absolute Gasteiger partial charge is 0.496 e. The first-order valence-corrected chi connectivity index (χ1v) is 6.60. The Balaban J connectivity index is 2.23. The second-order valence-electron chi connectivity index (χ2n) is 4.73. The van der Waals surface area contributed by atoms with Crippen LogP contribution in [0.25, 0.3) is 0 Å². The number of hydrogen-bond acceptors (Lipinski definition) is 5. The molecule has 1 aromatic carbocycles. The van der Waals surface area contributed by atoms with Crippen LogP contribution in [0.15, 0.2) is 40.8 Å². The van der Waals surface area contributed by atoms with Crippen molar-refractivity contribution in [2.45, 2.75) is 13.0 Å². The number of hydrogen-bond donors (Lipinski definition) is 0. The maximum atomic E-state index is 12.4. The molecule has 0 aliphatic rings. The number of nitro groups is 1. The molecule has 0 N–H and O–H groups in total. The zero-order valence-electron chi connectivity index (χ0n) is 12.5. The van der Waals surface area contributed by atoms with Crippen LogP contribution < -0.4 is 4.74 Å². The van der Waals surface area contributed by atoms with Crippen LogP contribution in [-0.2, 0) is 0 Å². The molecule has 0 fully saturated rings. The van der Waals surface area contributed by atoms with E-state index < -0.39 is 16.7 Å². The Morgan fingerprint density at radius 1 is 1.32 bits per heavy atom. The summed E-state index contributed by atoms with van der Waals surface area (Å²) >= 11 is 0. The summed E-state index contributed by atoms with van der Waals surface area (Å²) in [6.07, 6.45) is 0. The molecular formula is C15H16N2O5. The van der Waals surface area contributed by atoms with Crippen molar-refractivity contribution >= 4 is 11.8 Å². The SMILES string of the molecule is COc1ccccc1[C@H](C)N(C)C(=O)c1ccc([N+](=O)[O-])o1. The van der Waals surface area contributed by atoms with E-state index >= 15 is 0 Å². The summed E-state index contributed by atoms with van der Waals surface area (Å²) in [4.78, 5) is 23.7. The predicted molar refractivity (Wildman–Crippen MR) is 78.9 cm³/mol.